The van der Waals surface area contributed by atoms with Crippen LogP contribution in [0.3, 0.4) is 0 Å². The van der Waals surface area contributed by atoms with Crippen LogP contribution in [-0.4, -0.2) is 34.7 Å². The normalized spacial score (nSPS) is 21.6. The van der Waals surface area contributed by atoms with Gasteiger partial charge in [-0.1, -0.05) is 5.21 Å². The summed E-state index contributed by atoms with van der Waals surface area (Å²) >= 11 is 0. The molecule has 2 rings (SSSR count). The predicted octanol–water partition coefficient (Wildman–Crippen LogP) is 0.176. The molecular formula is C9H16N4O. The third kappa shape index (κ3) is 2.30. The van der Waals surface area contributed by atoms with Gasteiger partial charge in [0.25, 0.3) is 0 Å². The second-order valence-electron chi connectivity index (χ2n) is 3.66. The lowest BCUT2D eigenvalue weighted by Crippen LogP contribution is -2.26. The standard InChI is InChI=1S/C9H16N4O/c1-14-7-9-6-13(12-11-9)5-8-3-2-4-10-8/h6,8,10H,2-5,7H2,1H3/t8-/m1/s1. The molecule has 1 aliphatic rings. The van der Waals surface area contributed by atoms with E-state index >= 15 is 0 Å². The Hall–Kier alpha value is -0.940. The zero-order valence-electron chi connectivity index (χ0n) is 8.44. The second-order valence-corrected chi connectivity index (χ2v) is 3.66. The number of hydrogen-bond acceptors (Lipinski definition) is 4. The number of hydrogen-bond donors (Lipinski definition) is 1. The van der Waals surface area contributed by atoms with Crippen molar-refractivity contribution < 1.29 is 4.74 Å². The molecule has 0 aliphatic carbocycles. The van der Waals surface area contributed by atoms with Crippen LogP contribution in [0, 0.1) is 0 Å². The van der Waals surface area contributed by atoms with Gasteiger partial charge in [0, 0.05) is 13.2 Å². The molecule has 1 atom stereocenters. The molecule has 1 saturated heterocycles. The van der Waals surface area contributed by atoms with E-state index in [2.05, 4.69) is 15.6 Å². The van der Waals surface area contributed by atoms with E-state index in [-0.39, 0.29) is 0 Å². The quantitative estimate of drug-likeness (QED) is 0.746. The van der Waals surface area contributed by atoms with Gasteiger partial charge in [0.15, 0.2) is 0 Å². The summed E-state index contributed by atoms with van der Waals surface area (Å²) in [5.74, 6) is 0. The molecule has 0 bridgehead atoms. The van der Waals surface area contributed by atoms with Crippen LogP contribution in [0.5, 0.6) is 0 Å². The van der Waals surface area contributed by atoms with Gasteiger partial charge in [-0.25, -0.2) is 0 Å². The molecule has 0 saturated carbocycles. The van der Waals surface area contributed by atoms with Crippen molar-refractivity contribution in [3.05, 3.63) is 11.9 Å². The first kappa shape index (κ1) is 9.61. The summed E-state index contributed by atoms with van der Waals surface area (Å²) in [5, 5.41) is 11.5. The van der Waals surface area contributed by atoms with Crippen LogP contribution >= 0.6 is 0 Å². The number of nitrogens with one attached hydrogen (secondary N) is 1. The van der Waals surface area contributed by atoms with Crippen LogP contribution in [0.2, 0.25) is 0 Å². The van der Waals surface area contributed by atoms with Gasteiger partial charge < -0.3 is 10.1 Å². The highest BCUT2D eigenvalue weighted by atomic mass is 16.5. The molecule has 0 spiro atoms. The fourth-order valence-corrected chi connectivity index (χ4v) is 1.78. The minimum atomic E-state index is 0.540. The van der Waals surface area contributed by atoms with Crippen molar-refractivity contribution in [2.45, 2.75) is 32.0 Å². The fourth-order valence-electron chi connectivity index (χ4n) is 1.78. The third-order valence-electron chi connectivity index (χ3n) is 2.45. The van der Waals surface area contributed by atoms with E-state index in [4.69, 9.17) is 4.74 Å². The topological polar surface area (TPSA) is 52.0 Å². The van der Waals surface area contributed by atoms with Crippen LogP contribution in [0.4, 0.5) is 0 Å². The zero-order chi connectivity index (χ0) is 9.80. The molecule has 1 aromatic heterocycles. The van der Waals surface area contributed by atoms with Gasteiger partial charge in [-0.2, -0.15) is 0 Å². The lowest BCUT2D eigenvalue weighted by molar-refractivity contribution is 0.181. The summed E-state index contributed by atoms with van der Waals surface area (Å²) in [6, 6.07) is 0.562. The molecule has 1 aliphatic heterocycles. The largest absolute Gasteiger partial charge is 0.378 e. The maximum absolute atomic E-state index is 4.98. The number of ether oxygens (including phenoxy) is 1. The van der Waals surface area contributed by atoms with Crippen molar-refractivity contribution in [1.29, 1.82) is 0 Å². The van der Waals surface area contributed by atoms with Gasteiger partial charge in [-0.15, -0.1) is 5.10 Å². The molecule has 0 unspecified atom stereocenters. The van der Waals surface area contributed by atoms with Crippen molar-refractivity contribution in [3.63, 3.8) is 0 Å². The highest BCUT2D eigenvalue weighted by Crippen LogP contribution is 2.07. The lowest BCUT2D eigenvalue weighted by atomic mass is 10.2. The summed E-state index contributed by atoms with van der Waals surface area (Å²) < 4.78 is 6.87. The molecule has 1 fully saturated rings. The Kier molecular flexibility index (Phi) is 3.10. The molecule has 2 heterocycles. The number of methoxy groups -OCH3 is 1. The SMILES string of the molecule is COCc1cn(C[C@H]2CCCN2)nn1. The van der Waals surface area contributed by atoms with E-state index in [0.29, 0.717) is 12.6 Å². The first-order valence-corrected chi connectivity index (χ1v) is 5.00. The first-order chi connectivity index (χ1) is 6.88. The molecule has 0 aromatic carbocycles. The Balaban J connectivity index is 1.88. The van der Waals surface area contributed by atoms with E-state index in [1.807, 2.05) is 10.9 Å². The number of nitrogens with zero attached hydrogens (tertiary/aromatic N) is 3. The number of rotatable bonds is 4. The summed E-state index contributed by atoms with van der Waals surface area (Å²) in [7, 11) is 1.66. The van der Waals surface area contributed by atoms with E-state index in [1.54, 1.807) is 7.11 Å². The van der Waals surface area contributed by atoms with Crippen molar-refractivity contribution in [2.75, 3.05) is 13.7 Å². The van der Waals surface area contributed by atoms with Crippen LogP contribution < -0.4 is 5.32 Å². The van der Waals surface area contributed by atoms with Crippen molar-refractivity contribution in [1.82, 2.24) is 20.3 Å². The molecule has 1 aromatic rings. The van der Waals surface area contributed by atoms with Crippen LogP contribution in [0.25, 0.3) is 0 Å². The molecule has 0 amide bonds. The van der Waals surface area contributed by atoms with Crippen LogP contribution in [0.15, 0.2) is 6.20 Å². The Bertz CT molecular complexity index is 280. The molecule has 14 heavy (non-hydrogen) atoms. The molecule has 1 N–H and O–H groups in total. The van der Waals surface area contributed by atoms with Gasteiger partial charge in [0.05, 0.1) is 19.3 Å². The summed E-state index contributed by atoms with van der Waals surface area (Å²) in [6.07, 6.45) is 4.45. The fraction of sp³-hybridized carbons (Fsp3) is 0.778. The van der Waals surface area contributed by atoms with Crippen molar-refractivity contribution >= 4 is 0 Å². The van der Waals surface area contributed by atoms with E-state index in [0.717, 1.165) is 18.8 Å². The van der Waals surface area contributed by atoms with Crippen LogP contribution in [-0.2, 0) is 17.9 Å². The Morgan fingerprint density at radius 3 is 3.36 bits per heavy atom. The zero-order valence-corrected chi connectivity index (χ0v) is 8.44. The molecule has 5 nitrogen and oxygen atoms in total. The summed E-state index contributed by atoms with van der Waals surface area (Å²) in [6.45, 7) is 2.58. The van der Waals surface area contributed by atoms with Crippen molar-refractivity contribution in [3.8, 4) is 0 Å². The Labute approximate surface area is 83.4 Å². The molecule has 5 heteroatoms. The van der Waals surface area contributed by atoms with E-state index in [9.17, 15) is 0 Å². The van der Waals surface area contributed by atoms with Gasteiger partial charge in [-0.05, 0) is 19.4 Å². The van der Waals surface area contributed by atoms with Gasteiger partial charge >= 0.3 is 0 Å². The predicted molar refractivity (Wildman–Crippen MR) is 51.8 cm³/mol. The van der Waals surface area contributed by atoms with Gasteiger partial charge in [0.1, 0.15) is 5.69 Å². The van der Waals surface area contributed by atoms with Crippen LogP contribution in [0.1, 0.15) is 18.5 Å². The Morgan fingerprint density at radius 2 is 2.64 bits per heavy atom. The second kappa shape index (κ2) is 4.52. The monoisotopic (exact) mass is 196 g/mol. The highest BCUT2D eigenvalue weighted by Gasteiger charge is 2.14. The molecule has 78 valence electrons. The minimum Gasteiger partial charge on any atom is -0.378 e. The summed E-state index contributed by atoms with van der Waals surface area (Å²) in [5.41, 5.74) is 0.894. The van der Waals surface area contributed by atoms with E-state index in [1.165, 1.54) is 12.8 Å². The van der Waals surface area contributed by atoms with Gasteiger partial charge in [-0.3, -0.25) is 4.68 Å². The average Bonchev–Trinajstić information content (AvgIpc) is 2.79. The molecular weight excluding hydrogens is 180 g/mol. The highest BCUT2D eigenvalue weighted by molar-refractivity contribution is 4.90. The summed E-state index contributed by atoms with van der Waals surface area (Å²) in [4.78, 5) is 0. The average molecular weight is 196 g/mol. The number of aromatic nitrogens is 3. The maximum Gasteiger partial charge on any atom is 0.108 e. The van der Waals surface area contributed by atoms with Gasteiger partial charge in [0.2, 0.25) is 0 Å². The smallest absolute Gasteiger partial charge is 0.108 e. The molecule has 0 radical (unpaired) electrons. The first-order valence-electron chi connectivity index (χ1n) is 5.00. The van der Waals surface area contributed by atoms with E-state index < -0.39 is 0 Å². The minimum absolute atomic E-state index is 0.540. The third-order valence-corrected chi connectivity index (χ3v) is 2.45. The lowest BCUT2D eigenvalue weighted by Gasteiger charge is -2.08. The Morgan fingerprint density at radius 1 is 1.71 bits per heavy atom. The maximum atomic E-state index is 4.98. The van der Waals surface area contributed by atoms with Crippen molar-refractivity contribution in [2.24, 2.45) is 0 Å².